The van der Waals surface area contributed by atoms with Gasteiger partial charge in [0.15, 0.2) is 0 Å². The minimum absolute atomic E-state index is 0.207. The standard InChI is InChI=1S/C11H12ClNO4/c1-17-10-3-2-7(4-8(10)12)9(13-6-14)5-11(15)16/h2-4,6,9H,5H2,1H3,(H,13,14)(H,15,16)/t9-/m1/s1. The topological polar surface area (TPSA) is 75.6 Å². The maximum Gasteiger partial charge on any atom is 0.305 e. The van der Waals surface area contributed by atoms with Gasteiger partial charge in [-0.15, -0.1) is 0 Å². The number of hydrogen-bond acceptors (Lipinski definition) is 3. The van der Waals surface area contributed by atoms with E-state index in [1.54, 1.807) is 18.2 Å². The Bertz CT molecular complexity index is 422. The Balaban J connectivity index is 2.97. The molecular formula is C11H12ClNO4. The second-order valence-electron chi connectivity index (χ2n) is 3.33. The molecule has 1 rings (SSSR count). The van der Waals surface area contributed by atoms with Crippen molar-refractivity contribution in [3.63, 3.8) is 0 Å². The van der Waals surface area contributed by atoms with Crippen molar-refractivity contribution in [2.24, 2.45) is 0 Å². The third-order valence-corrected chi connectivity index (χ3v) is 2.52. The number of aliphatic carboxylic acids is 1. The Labute approximate surface area is 103 Å². The van der Waals surface area contributed by atoms with Gasteiger partial charge in [-0.3, -0.25) is 9.59 Å². The van der Waals surface area contributed by atoms with Crippen LogP contribution in [0.2, 0.25) is 5.02 Å². The van der Waals surface area contributed by atoms with Gasteiger partial charge in [-0.05, 0) is 17.7 Å². The minimum atomic E-state index is -1.00. The van der Waals surface area contributed by atoms with E-state index >= 15 is 0 Å². The summed E-state index contributed by atoms with van der Waals surface area (Å²) in [6.07, 6.45) is 0.257. The van der Waals surface area contributed by atoms with Crippen molar-refractivity contribution in [3.8, 4) is 5.75 Å². The number of benzene rings is 1. The zero-order chi connectivity index (χ0) is 12.8. The molecule has 1 aromatic rings. The summed E-state index contributed by atoms with van der Waals surface area (Å²) in [5.74, 6) is -0.508. The molecule has 1 atom stereocenters. The molecule has 5 nitrogen and oxygen atoms in total. The summed E-state index contributed by atoms with van der Waals surface area (Å²) >= 11 is 5.92. The molecule has 0 saturated heterocycles. The van der Waals surface area contributed by atoms with Gasteiger partial charge < -0.3 is 15.2 Å². The molecule has 0 heterocycles. The van der Waals surface area contributed by atoms with Crippen LogP contribution in [0.5, 0.6) is 5.75 Å². The van der Waals surface area contributed by atoms with Gasteiger partial charge in [-0.1, -0.05) is 17.7 Å². The van der Waals surface area contributed by atoms with Gasteiger partial charge in [0.1, 0.15) is 5.75 Å². The van der Waals surface area contributed by atoms with Crippen LogP contribution in [0, 0.1) is 0 Å². The van der Waals surface area contributed by atoms with Gasteiger partial charge in [0.05, 0.1) is 24.6 Å². The molecule has 6 heteroatoms. The fourth-order valence-electron chi connectivity index (χ4n) is 1.43. The lowest BCUT2D eigenvalue weighted by Gasteiger charge is -2.15. The molecule has 0 bridgehead atoms. The number of ether oxygens (including phenoxy) is 1. The first-order chi connectivity index (χ1) is 8.08. The number of methoxy groups -OCH3 is 1. The zero-order valence-corrected chi connectivity index (χ0v) is 9.90. The van der Waals surface area contributed by atoms with E-state index in [-0.39, 0.29) is 6.42 Å². The molecule has 0 aliphatic carbocycles. The lowest BCUT2D eigenvalue weighted by Crippen LogP contribution is -2.22. The highest BCUT2D eigenvalue weighted by atomic mass is 35.5. The molecule has 0 radical (unpaired) electrons. The van der Waals surface area contributed by atoms with E-state index in [0.717, 1.165) is 0 Å². The largest absolute Gasteiger partial charge is 0.495 e. The second kappa shape index (κ2) is 6.10. The molecule has 1 amide bonds. The molecule has 0 fully saturated rings. The summed E-state index contributed by atoms with van der Waals surface area (Å²) < 4.78 is 4.98. The van der Waals surface area contributed by atoms with Gasteiger partial charge in [0.2, 0.25) is 6.41 Å². The molecule has 0 aliphatic rings. The van der Waals surface area contributed by atoms with E-state index in [4.69, 9.17) is 21.4 Å². The molecule has 17 heavy (non-hydrogen) atoms. The van der Waals surface area contributed by atoms with Crippen molar-refractivity contribution in [1.29, 1.82) is 0 Å². The van der Waals surface area contributed by atoms with Crippen LogP contribution in [0.3, 0.4) is 0 Å². The number of carbonyl (C=O) groups is 2. The number of rotatable bonds is 6. The van der Waals surface area contributed by atoms with Crippen molar-refractivity contribution < 1.29 is 19.4 Å². The Morgan fingerprint density at radius 3 is 2.82 bits per heavy atom. The number of hydrogen-bond donors (Lipinski definition) is 2. The van der Waals surface area contributed by atoms with Crippen LogP contribution in [0.25, 0.3) is 0 Å². The normalized spacial score (nSPS) is 11.6. The van der Waals surface area contributed by atoms with Gasteiger partial charge in [0, 0.05) is 0 Å². The van der Waals surface area contributed by atoms with Crippen molar-refractivity contribution in [1.82, 2.24) is 5.32 Å². The second-order valence-corrected chi connectivity index (χ2v) is 3.74. The first-order valence-corrected chi connectivity index (χ1v) is 5.21. The number of nitrogens with one attached hydrogen (secondary N) is 1. The van der Waals surface area contributed by atoms with Crippen molar-refractivity contribution in [2.45, 2.75) is 12.5 Å². The van der Waals surface area contributed by atoms with Gasteiger partial charge in [0.25, 0.3) is 0 Å². The van der Waals surface area contributed by atoms with Crippen LogP contribution >= 0.6 is 11.6 Å². The molecule has 92 valence electrons. The predicted molar refractivity (Wildman–Crippen MR) is 62.2 cm³/mol. The molecule has 2 N–H and O–H groups in total. The van der Waals surface area contributed by atoms with Gasteiger partial charge in [-0.25, -0.2) is 0 Å². The number of carbonyl (C=O) groups excluding carboxylic acids is 1. The Hall–Kier alpha value is -1.75. The molecule has 1 aromatic carbocycles. The fraction of sp³-hybridized carbons (Fsp3) is 0.273. The minimum Gasteiger partial charge on any atom is -0.495 e. The lowest BCUT2D eigenvalue weighted by atomic mass is 10.0. The van der Waals surface area contributed by atoms with Crippen LogP contribution in [0.1, 0.15) is 18.0 Å². The molecule has 0 unspecified atom stereocenters. The number of carboxylic acid groups (broad SMARTS) is 1. The van der Waals surface area contributed by atoms with E-state index in [1.807, 2.05) is 0 Å². The molecule has 0 aromatic heterocycles. The predicted octanol–water partition coefficient (Wildman–Crippen LogP) is 1.61. The van der Waals surface area contributed by atoms with Crippen LogP contribution in [-0.2, 0) is 9.59 Å². The fourth-order valence-corrected chi connectivity index (χ4v) is 1.70. The lowest BCUT2D eigenvalue weighted by molar-refractivity contribution is -0.137. The summed E-state index contributed by atoms with van der Waals surface area (Å²) in [4.78, 5) is 21.1. The van der Waals surface area contributed by atoms with E-state index in [2.05, 4.69) is 5.32 Å². The molecule has 0 saturated carbocycles. The van der Waals surface area contributed by atoms with Crippen LogP contribution in [-0.4, -0.2) is 24.6 Å². The highest BCUT2D eigenvalue weighted by Gasteiger charge is 2.16. The van der Waals surface area contributed by atoms with Crippen molar-refractivity contribution in [3.05, 3.63) is 28.8 Å². The first-order valence-electron chi connectivity index (χ1n) is 4.83. The van der Waals surface area contributed by atoms with Gasteiger partial charge >= 0.3 is 5.97 Å². The monoisotopic (exact) mass is 257 g/mol. The quantitative estimate of drug-likeness (QED) is 0.759. The van der Waals surface area contributed by atoms with Crippen LogP contribution < -0.4 is 10.1 Å². The Morgan fingerprint density at radius 1 is 1.65 bits per heavy atom. The zero-order valence-electron chi connectivity index (χ0n) is 9.14. The van der Waals surface area contributed by atoms with Crippen molar-refractivity contribution in [2.75, 3.05) is 7.11 Å². The average molecular weight is 258 g/mol. The van der Waals surface area contributed by atoms with E-state index in [0.29, 0.717) is 22.7 Å². The maximum absolute atomic E-state index is 10.7. The van der Waals surface area contributed by atoms with E-state index < -0.39 is 12.0 Å². The first kappa shape index (κ1) is 13.3. The molecule has 0 aliphatic heterocycles. The molecule has 0 spiro atoms. The number of amides is 1. The number of halogens is 1. The summed E-state index contributed by atoms with van der Waals surface area (Å²) in [5, 5.41) is 11.5. The Kier molecular flexibility index (Phi) is 4.78. The maximum atomic E-state index is 10.7. The van der Waals surface area contributed by atoms with Crippen molar-refractivity contribution >= 4 is 24.0 Å². The van der Waals surface area contributed by atoms with E-state index in [1.165, 1.54) is 7.11 Å². The smallest absolute Gasteiger partial charge is 0.305 e. The summed E-state index contributed by atoms with van der Waals surface area (Å²) in [6, 6.07) is 4.26. The third kappa shape index (κ3) is 3.64. The van der Waals surface area contributed by atoms with E-state index in [9.17, 15) is 9.59 Å². The average Bonchev–Trinajstić information content (AvgIpc) is 2.28. The summed E-state index contributed by atoms with van der Waals surface area (Å²) in [5.41, 5.74) is 0.616. The van der Waals surface area contributed by atoms with Crippen LogP contribution in [0.4, 0.5) is 0 Å². The third-order valence-electron chi connectivity index (χ3n) is 2.23. The van der Waals surface area contributed by atoms with Crippen LogP contribution in [0.15, 0.2) is 18.2 Å². The highest BCUT2D eigenvalue weighted by Crippen LogP contribution is 2.28. The van der Waals surface area contributed by atoms with Gasteiger partial charge in [-0.2, -0.15) is 0 Å². The summed E-state index contributed by atoms with van der Waals surface area (Å²) in [7, 11) is 1.49. The summed E-state index contributed by atoms with van der Waals surface area (Å²) in [6.45, 7) is 0. The molecular weight excluding hydrogens is 246 g/mol. The highest BCUT2D eigenvalue weighted by molar-refractivity contribution is 6.32. The number of carboxylic acids is 1. The SMILES string of the molecule is COc1ccc([C@@H](CC(=O)O)NC=O)cc1Cl. The Morgan fingerprint density at radius 2 is 2.35 bits per heavy atom.